The van der Waals surface area contributed by atoms with Gasteiger partial charge in [-0.2, -0.15) is 4.68 Å². The first-order valence-electron chi connectivity index (χ1n) is 10.4. The minimum Gasteiger partial charge on any atom is -0.352 e. The molecule has 1 saturated heterocycles. The number of amides is 1. The number of halogens is 1. The lowest BCUT2D eigenvalue weighted by Crippen LogP contribution is -2.49. The number of carbonyl (C=O) groups excluding carboxylic acids is 1. The monoisotopic (exact) mass is 420 g/mol. The molecule has 1 aliphatic heterocycles. The van der Waals surface area contributed by atoms with Gasteiger partial charge in [0, 0.05) is 32.2 Å². The average Bonchev–Trinajstić information content (AvgIpc) is 2.79. The van der Waals surface area contributed by atoms with Crippen molar-refractivity contribution < 1.29 is 9.18 Å². The number of rotatable bonds is 4. The molecule has 0 N–H and O–H groups in total. The van der Waals surface area contributed by atoms with Crippen molar-refractivity contribution >= 4 is 11.7 Å². The molecule has 0 bridgehead atoms. The normalized spacial score (nSPS) is 14.2. The van der Waals surface area contributed by atoms with Crippen molar-refractivity contribution in [3.8, 4) is 5.69 Å². The molecule has 2 heterocycles. The van der Waals surface area contributed by atoms with Crippen LogP contribution in [0.3, 0.4) is 0 Å². The molecule has 0 saturated carbocycles. The van der Waals surface area contributed by atoms with Crippen LogP contribution in [0.5, 0.6) is 0 Å². The molecule has 0 radical (unpaired) electrons. The molecule has 160 valence electrons. The second-order valence-electron chi connectivity index (χ2n) is 7.95. The molecule has 0 atom stereocenters. The van der Waals surface area contributed by atoms with Gasteiger partial charge in [0.1, 0.15) is 11.6 Å². The fourth-order valence-corrected chi connectivity index (χ4v) is 3.70. The summed E-state index contributed by atoms with van der Waals surface area (Å²) >= 11 is 0. The zero-order chi connectivity index (χ0) is 22.0. The Bertz CT molecular complexity index is 1130. The van der Waals surface area contributed by atoms with E-state index in [1.54, 1.807) is 23.1 Å². The first-order chi connectivity index (χ1) is 14.9. The van der Waals surface area contributed by atoms with E-state index in [1.165, 1.54) is 28.4 Å². The quantitative estimate of drug-likeness (QED) is 0.649. The summed E-state index contributed by atoms with van der Waals surface area (Å²) in [5, 5.41) is 4.55. The van der Waals surface area contributed by atoms with Gasteiger partial charge in [0.05, 0.1) is 11.3 Å². The van der Waals surface area contributed by atoms with Gasteiger partial charge in [-0.05, 0) is 41.8 Å². The Hall–Kier alpha value is -3.48. The van der Waals surface area contributed by atoms with Crippen LogP contribution in [0.1, 0.15) is 35.7 Å². The van der Waals surface area contributed by atoms with E-state index in [2.05, 4.69) is 18.9 Å². The topological polar surface area (TPSA) is 58.4 Å². The van der Waals surface area contributed by atoms with Gasteiger partial charge in [0.25, 0.3) is 11.5 Å². The van der Waals surface area contributed by atoms with Crippen molar-refractivity contribution in [2.24, 2.45) is 0 Å². The highest BCUT2D eigenvalue weighted by molar-refractivity contribution is 5.94. The molecule has 1 amide bonds. The van der Waals surface area contributed by atoms with E-state index in [0.29, 0.717) is 43.6 Å². The van der Waals surface area contributed by atoms with Gasteiger partial charge < -0.3 is 9.80 Å². The van der Waals surface area contributed by atoms with Crippen molar-refractivity contribution in [3.63, 3.8) is 0 Å². The number of hydrogen-bond donors (Lipinski definition) is 0. The maximum atomic E-state index is 13.9. The molecule has 6 nitrogen and oxygen atoms in total. The molecule has 2 aromatic carbocycles. The lowest BCUT2D eigenvalue weighted by molar-refractivity contribution is 0.0741. The summed E-state index contributed by atoms with van der Waals surface area (Å²) in [5.74, 6) is 0.270. The lowest BCUT2D eigenvalue weighted by Gasteiger charge is -2.35. The summed E-state index contributed by atoms with van der Waals surface area (Å²) in [6.07, 6.45) is 0. The number of piperazine rings is 1. The van der Waals surface area contributed by atoms with E-state index in [0.717, 1.165) is 0 Å². The van der Waals surface area contributed by atoms with E-state index in [1.807, 2.05) is 29.2 Å². The van der Waals surface area contributed by atoms with Crippen LogP contribution in [-0.4, -0.2) is 46.8 Å². The van der Waals surface area contributed by atoms with Gasteiger partial charge in [-0.15, -0.1) is 5.10 Å². The third-order valence-corrected chi connectivity index (χ3v) is 5.59. The number of aromatic nitrogens is 2. The minimum atomic E-state index is -0.507. The Morgan fingerprint density at radius 2 is 1.61 bits per heavy atom. The zero-order valence-corrected chi connectivity index (χ0v) is 17.7. The highest BCUT2D eigenvalue weighted by atomic mass is 19.1. The van der Waals surface area contributed by atoms with Crippen LogP contribution in [0.15, 0.2) is 65.5 Å². The number of hydrogen-bond acceptors (Lipinski definition) is 4. The van der Waals surface area contributed by atoms with Crippen LogP contribution >= 0.6 is 0 Å². The standard InChI is InChI=1S/C24H25FN4O2/c1-17(2)18-7-9-19(10-8-18)29-23(30)12-11-22(26-29)27-13-15-28(16-14-27)24(31)20-5-3-4-6-21(20)25/h3-12,17H,13-16H2,1-2H3. The molecule has 31 heavy (non-hydrogen) atoms. The van der Waals surface area contributed by atoms with E-state index < -0.39 is 5.82 Å². The Kier molecular flexibility index (Phi) is 5.84. The summed E-state index contributed by atoms with van der Waals surface area (Å²) < 4.78 is 15.3. The second-order valence-corrected chi connectivity index (χ2v) is 7.95. The minimum absolute atomic E-state index is 0.0902. The number of nitrogens with zero attached hydrogens (tertiary/aromatic N) is 4. The zero-order valence-electron chi connectivity index (χ0n) is 17.7. The third kappa shape index (κ3) is 4.35. The highest BCUT2D eigenvalue weighted by Gasteiger charge is 2.24. The van der Waals surface area contributed by atoms with Crippen molar-refractivity contribution in [3.05, 3.63) is 88.0 Å². The Balaban J connectivity index is 1.49. The molecule has 1 aromatic heterocycles. The Morgan fingerprint density at radius 1 is 0.935 bits per heavy atom. The molecule has 0 unspecified atom stereocenters. The lowest BCUT2D eigenvalue weighted by atomic mass is 10.0. The Morgan fingerprint density at radius 3 is 2.26 bits per heavy atom. The van der Waals surface area contributed by atoms with Gasteiger partial charge in [-0.3, -0.25) is 9.59 Å². The molecule has 1 fully saturated rings. The summed E-state index contributed by atoms with van der Waals surface area (Å²) in [6.45, 7) is 6.26. The summed E-state index contributed by atoms with van der Waals surface area (Å²) in [6, 6.07) is 17.1. The first-order valence-corrected chi connectivity index (χ1v) is 10.4. The van der Waals surface area contributed by atoms with Crippen LogP contribution in [0.25, 0.3) is 5.69 Å². The van der Waals surface area contributed by atoms with Crippen molar-refractivity contribution in [1.29, 1.82) is 0 Å². The van der Waals surface area contributed by atoms with Crippen LogP contribution < -0.4 is 10.5 Å². The van der Waals surface area contributed by atoms with Gasteiger partial charge in [-0.1, -0.05) is 38.1 Å². The second kappa shape index (κ2) is 8.71. The predicted octanol–water partition coefficient (Wildman–Crippen LogP) is 3.46. The molecular formula is C24H25FN4O2. The van der Waals surface area contributed by atoms with Crippen molar-refractivity contribution in [2.75, 3.05) is 31.1 Å². The third-order valence-electron chi connectivity index (χ3n) is 5.59. The fourth-order valence-electron chi connectivity index (χ4n) is 3.70. The molecule has 1 aliphatic rings. The fraction of sp³-hybridized carbons (Fsp3) is 0.292. The van der Waals surface area contributed by atoms with Gasteiger partial charge in [0.15, 0.2) is 0 Å². The van der Waals surface area contributed by atoms with Gasteiger partial charge >= 0.3 is 0 Å². The van der Waals surface area contributed by atoms with Crippen LogP contribution in [0.2, 0.25) is 0 Å². The largest absolute Gasteiger partial charge is 0.352 e. The van der Waals surface area contributed by atoms with Gasteiger partial charge in [0.2, 0.25) is 0 Å². The smallest absolute Gasteiger partial charge is 0.271 e. The number of anilines is 1. The van der Waals surface area contributed by atoms with Crippen molar-refractivity contribution in [2.45, 2.75) is 19.8 Å². The van der Waals surface area contributed by atoms with Crippen LogP contribution in [0, 0.1) is 5.82 Å². The summed E-state index contributed by atoms with van der Waals surface area (Å²) in [4.78, 5) is 28.7. The highest BCUT2D eigenvalue weighted by Crippen LogP contribution is 2.18. The van der Waals surface area contributed by atoms with E-state index in [-0.39, 0.29) is 17.0 Å². The molecule has 3 aromatic rings. The van der Waals surface area contributed by atoms with Crippen LogP contribution in [0.4, 0.5) is 10.2 Å². The van der Waals surface area contributed by atoms with Crippen LogP contribution in [-0.2, 0) is 0 Å². The SMILES string of the molecule is CC(C)c1ccc(-n2nc(N3CCN(C(=O)c4ccccc4F)CC3)ccc2=O)cc1. The Labute approximate surface area is 180 Å². The van der Waals surface area contributed by atoms with E-state index in [9.17, 15) is 14.0 Å². The summed E-state index contributed by atoms with van der Waals surface area (Å²) in [7, 11) is 0. The predicted molar refractivity (Wildman–Crippen MR) is 118 cm³/mol. The maximum Gasteiger partial charge on any atom is 0.271 e. The molecule has 7 heteroatoms. The number of carbonyl (C=O) groups is 1. The van der Waals surface area contributed by atoms with E-state index >= 15 is 0 Å². The average molecular weight is 420 g/mol. The molecular weight excluding hydrogens is 395 g/mol. The first kappa shape index (κ1) is 20.8. The molecule has 4 rings (SSSR count). The maximum absolute atomic E-state index is 13.9. The van der Waals surface area contributed by atoms with Gasteiger partial charge in [-0.25, -0.2) is 4.39 Å². The molecule has 0 aliphatic carbocycles. The molecule has 0 spiro atoms. The summed E-state index contributed by atoms with van der Waals surface area (Å²) in [5.41, 5.74) is 1.80. The van der Waals surface area contributed by atoms with Crippen molar-refractivity contribution in [1.82, 2.24) is 14.7 Å². The van der Waals surface area contributed by atoms with E-state index in [4.69, 9.17) is 0 Å². The number of benzene rings is 2.